The van der Waals surface area contributed by atoms with Gasteiger partial charge in [0.2, 0.25) is 0 Å². The summed E-state index contributed by atoms with van der Waals surface area (Å²) in [6.07, 6.45) is 25.8. The van der Waals surface area contributed by atoms with Crippen molar-refractivity contribution in [3.63, 3.8) is 0 Å². The molecule has 4 aliphatic rings. The van der Waals surface area contributed by atoms with Crippen molar-refractivity contribution in [2.24, 2.45) is 23.7 Å². The van der Waals surface area contributed by atoms with E-state index in [1.54, 1.807) is 6.08 Å². The quantitative estimate of drug-likeness (QED) is 0.119. The summed E-state index contributed by atoms with van der Waals surface area (Å²) >= 11 is 0. The molecule has 8 rings (SSSR count). The van der Waals surface area contributed by atoms with Crippen LogP contribution in [-0.4, -0.2) is 15.9 Å². The number of allylic oxidation sites excluding steroid dienone is 2. The first-order valence-corrected chi connectivity index (χ1v) is 22.4. The largest absolute Gasteiger partial charge is 0.512 e. The fourth-order valence-electron chi connectivity index (χ4n) is 10.9. The van der Waals surface area contributed by atoms with Crippen molar-refractivity contribution in [3.05, 3.63) is 88.7 Å². The van der Waals surface area contributed by atoms with E-state index in [0.29, 0.717) is 11.7 Å². The van der Waals surface area contributed by atoms with Gasteiger partial charge in [-0.3, -0.25) is 9.78 Å². The van der Waals surface area contributed by atoms with Crippen molar-refractivity contribution in [2.75, 3.05) is 0 Å². The van der Waals surface area contributed by atoms with Crippen LogP contribution in [0, 0.1) is 43.6 Å². The summed E-state index contributed by atoms with van der Waals surface area (Å²) in [5.41, 5.74) is 9.00. The molecule has 0 saturated heterocycles. The molecular formula is C52H68IrNO2-. The Morgan fingerprint density at radius 1 is 0.732 bits per heavy atom. The molecule has 1 heterocycles. The number of aromatic nitrogens is 1. The average molecular weight is 931 g/mol. The van der Waals surface area contributed by atoms with Crippen molar-refractivity contribution in [3.8, 4) is 11.3 Å². The first kappa shape index (κ1) is 42.8. The van der Waals surface area contributed by atoms with Gasteiger partial charge in [0.25, 0.3) is 0 Å². The Hall–Kier alpha value is -2.81. The topological polar surface area (TPSA) is 50.2 Å². The molecule has 0 aliphatic heterocycles. The van der Waals surface area contributed by atoms with E-state index >= 15 is 0 Å². The minimum atomic E-state index is 0. The minimum absolute atomic E-state index is 0. The van der Waals surface area contributed by atoms with E-state index in [0.717, 1.165) is 54.3 Å². The number of rotatable bonds is 6. The molecule has 3 aromatic carbocycles. The van der Waals surface area contributed by atoms with Gasteiger partial charge in [0, 0.05) is 49.1 Å². The number of ketones is 1. The first-order chi connectivity index (χ1) is 26.5. The summed E-state index contributed by atoms with van der Waals surface area (Å²) in [6, 6.07) is 22.0. The number of pyridine rings is 1. The van der Waals surface area contributed by atoms with Crippen LogP contribution in [0.5, 0.6) is 0 Å². The molecule has 1 N–H and O–H groups in total. The minimum Gasteiger partial charge on any atom is -0.512 e. The Kier molecular flexibility index (Phi) is 14.7. The third-order valence-electron chi connectivity index (χ3n) is 14.0. The van der Waals surface area contributed by atoms with Crippen LogP contribution in [0.15, 0.2) is 60.4 Å². The van der Waals surface area contributed by atoms with E-state index < -0.39 is 0 Å². The van der Waals surface area contributed by atoms with Crippen LogP contribution < -0.4 is 0 Å². The number of hydrogen-bond acceptors (Lipinski definition) is 3. The zero-order valence-electron chi connectivity index (χ0n) is 35.2. The molecule has 4 heteroatoms. The molecule has 56 heavy (non-hydrogen) atoms. The maximum atomic E-state index is 12.0. The van der Waals surface area contributed by atoms with Gasteiger partial charge in [-0.1, -0.05) is 133 Å². The van der Waals surface area contributed by atoms with Gasteiger partial charge in [0.15, 0.2) is 5.78 Å². The molecule has 0 atom stereocenters. The molecule has 4 aliphatic carbocycles. The van der Waals surface area contributed by atoms with E-state index in [4.69, 9.17) is 4.98 Å². The van der Waals surface area contributed by atoms with E-state index in [1.165, 1.54) is 135 Å². The molecule has 1 aromatic heterocycles. The molecule has 0 amide bonds. The van der Waals surface area contributed by atoms with Crippen molar-refractivity contribution >= 4 is 27.5 Å². The molecule has 1 radical (unpaired) electrons. The number of fused-ring (bicyclic) bond motifs is 2. The maximum absolute atomic E-state index is 12.0. The molecular weight excluding hydrogens is 863 g/mol. The van der Waals surface area contributed by atoms with Gasteiger partial charge in [0.1, 0.15) is 0 Å². The van der Waals surface area contributed by atoms with Gasteiger partial charge in [-0.15, -0.1) is 29.1 Å². The molecule has 4 saturated carbocycles. The van der Waals surface area contributed by atoms with Crippen LogP contribution >= 0.6 is 0 Å². The van der Waals surface area contributed by atoms with Gasteiger partial charge in [-0.05, 0) is 111 Å². The van der Waals surface area contributed by atoms with Gasteiger partial charge in [-0.2, -0.15) is 0 Å². The van der Waals surface area contributed by atoms with Crippen LogP contribution in [0.3, 0.4) is 0 Å². The molecule has 4 aromatic rings. The number of carbonyl (C=O) groups excluding carboxylic acids is 1. The third-order valence-corrected chi connectivity index (χ3v) is 14.0. The number of carbonyl (C=O) groups is 1. The summed E-state index contributed by atoms with van der Waals surface area (Å²) < 4.78 is 0. The molecule has 0 unspecified atom stereocenters. The van der Waals surface area contributed by atoms with E-state index in [2.05, 4.69) is 89.2 Å². The first-order valence-electron chi connectivity index (χ1n) is 22.4. The number of benzene rings is 3. The number of aryl methyl sites for hydroxylation is 2. The fourth-order valence-corrected chi connectivity index (χ4v) is 10.9. The van der Waals surface area contributed by atoms with Crippen LogP contribution in [0.2, 0.25) is 0 Å². The third kappa shape index (κ3) is 10.2. The normalized spacial score (nSPS) is 22.0. The summed E-state index contributed by atoms with van der Waals surface area (Å²) in [5, 5.41) is 13.9. The summed E-state index contributed by atoms with van der Waals surface area (Å²) in [4.78, 5) is 17.3. The van der Waals surface area contributed by atoms with Crippen molar-refractivity contribution < 1.29 is 30.0 Å². The molecule has 3 nitrogen and oxygen atoms in total. The summed E-state index contributed by atoms with van der Waals surface area (Å²) in [7, 11) is 0. The van der Waals surface area contributed by atoms with Crippen LogP contribution in [0.25, 0.3) is 32.9 Å². The predicted octanol–water partition coefficient (Wildman–Crippen LogP) is 14.8. The predicted molar refractivity (Wildman–Crippen MR) is 232 cm³/mol. The second kappa shape index (κ2) is 19.3. The van der Waals surface area contributed by atoms with Gasteiger partial charge in [-0.25, -0.2) is 0 Å². The summed E-state index contributed by atoms with van der Waals surface area (Å²) in [6.45, 7) is 11.4. The molecule has 0 bridgehead atoms. The number of nitrogens with zero attached hydrogens (tertiary/aromatic N) is 1. The smallest absolute Gasteiger partial charge is 0.162 e. The van der Waals surface area contributed by atoms with Crippen molar-refractivity contribution in [1.82, 2.24) is 4.98 Å². The number of aliphatic hydroxyl groups is 1. The standard InChI is InChI=1S/C37H44N.C15H24O2.Ir/c1-24-19-25(2)36-32(28-17-15-27(16-18-28)26-11-7-6-8-12-26)23-34(38-35(36)20-24)30-21-29-13-9-10-14-31(29)33(22-30)37(3,4)5;16-14(12-7-3-1-4-8-12)11-15(17)13-9-5-2-6-10-13;/h9-10,13-14,19-20,22-23,26-28H,6-8,11-12,15-18H2,1-5H3;11-13,16H,1-10H2;/q-1;;/b;14-11-;. The molecule has 0 spiro atoms. The second-order valence-electron chi connectivity index (χ2n) is 19.1. The van der Waals surface area contributed by atoms with Crippen molar-refractivity contribution in [2.45, 2.75) is 168 Å². The van der Waals surface area contributed by atoms with E-state index in [9.17, 15) is 9.90 Å². The second-order valence-corrected chi connectivity index (χ2v) is 19.1. The van der Waals surface area contributed by atoms with Crippen molar-refractivity contribution in [1.29, 1.82) is 0 Å². The monoisotopic (exact) mass is 931 g/mol. The Morgan fingerprint density at radius 3 is 1.96 bits per heavy atom. The SMILES string of the molecule is Cc1cc(C)c2c(C3CCC(C4CCCCC4)CC3)cc(-c3[c-]c4ccccc4c(C(C)(C)C)c3)nc2c1.O=C(/C=C(\O)C1CCCCC1)C1CCCCC1.[Ir]. The Labute approximate surface area is 352 Å². The Balaban J connectivity index is 0.000000248. The number of hydrogen-bond donors (Lipinski definition) is 1. The zero-order valence-corrected chi connectivity index (χ0v) is 37.5. The van der Waals surface area contributed by atoms with E-state index in [-0.39, 0.29) is 43.1 Å². The van der Waals surface area contributed by atoms with Gasteiger partial charge < -0.3 is 5.11 Å². The fraction of sp³-hybridized carbons (Fsp3) is 0.577. The zero-order chi connectivity index (χ0) is 38.5. The van der Waals surface area contributed by atoms with Gasteiger partial charge >= 0.3 is 0 Å². The Bertz CT molecular complexity index is 1960. The number of aliphatic hydroxyl groups excluding tert-OH is 1. The molecule has 303 valence electrons. The van der Waals surface area contributed by atoms with Gasteiger partial charge in [0.05, 0.1) is 11.3 Å². The van der Waals surface area contributed by atoms with Crippen LogP contribution in [0.1, 0.15) is 171 Å². The summed E-state index contributed by atoms with van der Waals surface area (Å²) in [5.74, 6) is 3.55. The maximum Gasteiger partial charge on any atom is 0.162 e. The van der Waals surface area contributed by atoms with Crippen LogP contribution in [-0.2, 0) is 30.3 Å². The molecule has 4 fully saturated rings. The van der Waals surface area contributed by atoms with E-state index in [1.807, 2.05) is 0 Å². The van der Waals surface area contributed by atoms with Crippen LogP contribution in [0.4, 0.5) is 0 Å². The average Bonchev–Trinajstić information content (AvgIpc) is 3.20. The Morgan fingerprint density at radius 2 is 1.32 bits per heavy atom.